The number of rotatable bonds is 3. The van der Waals surface area contributed by atoms with E-state index >= 15 is 0 Å². The standard InChI is InChI=1S/C18H19NO2S2/c20-23(21,19-15-10-11-16(19)13-22-12-15)18-9-5-4-8-17(18)14-6-2-1-3-7-14/h1-9,15-16H,10-13H2. The molecule has 0 aromatic heterocycles. The number of fused-ring (bicyclic) bond motifs is 2. The lowest BCUT2D eigenvalue weighted by atomic mass is 10.1. The summed E-state index contributed by atoms with van der Waals surface area (Å²) in [6, 6.07) is 17.5. The second-order valence-corrected chi connectivity index (χ2v) is 9.01. The van der Waals surface area contributed by atoms with E-state index in [-0.39, 0.29) is 12.1 Å². The zero-order valence-corrected chi connectivity index (χ0v) is 14.4. The van der Waals surface area contributed by atoms with E-state index in [1.54, 1.807) is 10.4 Å². The molecule has 0 radical (unpaired) electrons. The molecule has 120 valence electrons. The van der Waals surface area contributed by atoms with Crippen LogP contribution in [0.25, 0.3) is 11.1 Å². The molecule has 0 N–H and O–H groups in total. The van der Waals surface area contributed by atoms with Crippen molar-refractivity contribution in [1.29, 1.82) is 0 Å². The highest BCUT2D eigenvalue weighted by molar-refractivity contribution is 7.99. The largest absolute Gasteiger partial charge is 0.244 e. The maximum atomic E-state index is 13.4. The van der Waals surface area contributed by atoms with Crippen LogP contribution < -0.4 is 0 Å². The topological polar surface area (TPSA) is 37.4 Å². The van der Waals surface area contributed by atoms with Gasteiger partial charge in [-0.05, 0) is 24.5 Å². The lowest BCUT2D eigenvalue weighted by Crippen LogP contribution is -2.46. The van der Waals surface area contributed by atoms with Gasteiger partial charge in [-0.3, -0.25) is 0 Å². The minimum atomic E-state index is -3.46. The molecular formula is C18H19NO2S2. The molecule has 2 aliphatic heterocycles. The Morgan fingerprint density at radius 3 is 2.17 bits per heavy atom. The molecule has 2 atom stereocenters. The van der Waals surface area contributed by atoms with Crippen molar-refractivity contribution in [1.82, 2.24) is 4.31 Å². The Bertz CT molecular complexity index is 789. The summed E-state index contributed by atoms with van der Waals surface area (Å²) in [6.45, 7) is 0. The molecule has 23 heavy (non-hydrogen) atoms. The average Bonchev–Trinajstić information content (AvgIpc) is 2.86. The van der Waals surface area contributed by atoms with E-state index in [1.165, 1.54) is 0 Å². The number of hydrogen-bond acceptors (Lipinski definition) is 3. The van der Waals surface area contributed by atoms with Crippen molar-refractivity contribution in [2.75, 3.05) is 11.5 Å². The second kappa shape index (κ2) is 5.96. The van der Waals surface area contributed by atoms with E-state index < -0.39 is 10.0 Å². The molecule has 0 spiro atoms. The van der Waals surface area contributed by atoms with E-state index in [2.05, 4.69) is 0 Å². The average molecular weight is 345 g/mol. The van der Waals surface area contributed by atoms with Crippen LogP contribution >= 0.6 is 11.8 Å². The van der Waals surface area contributed by atoms with Crippen molar-refractivity contribution in [3.63, 3.8) is 0 Å². The van der Waals surface area contributed by atoms with Gasteiger partial charge in [0.25, 0.3) is 0 Å². The molecule has 4 rings (SSSR count). The molecule has 2 aliphatic rings. The first-order valence-electron chi connectivity index (χ1n) is 7.93. The highest BCUT2D eigenvalue weighted by atomic mass is 32.2. The molecule has 0 amide bonds. The number of hydrogen-bond donors (Lipinski definition) is 0. The van der Waals surface area contributed by atoms with Gasteiger partial charge in [-0.25, -0.2) is 8.42 Å². The summed E-state index contributed by atoms with van der Waals surface area (Å²) in [4.78, 5) is 0.440. The second-order valence-electron chi connectivity index (χ2n) is 6.12. The first kappa shape index (κ1) is 15.2. The quantitative estimate of drug-likeness (QED) is 0.852. The Labute approximate surface area is 141 Å². The van der Waals surface area contributed by atoms with Crippen molar-refractivity contribution in [2.24, 2.45) is 0 Å². The maximum Gasteiger partial charge on any atom is 0.244 e. The summed E-state index contributed by atoms with van der Waals surface area (Å²) in [7, 11) is -3.46. The van der Waals surface area contributed by atoms with Crippen LogP contribution in [0.5, 0.6) is 0 Å². The Balaban J connectivity index is 1.82. The predicted molar refractivity (Wildman–Crippen MR) is 95.0 cm³/mol. The van der Waals surface area contributed by atoms with Crippen LogP contribution in [0.2, 0.25) is 0 Å². The zero-order chi connectivity index (χ0) is 15.9. The third-order valence-corrected chi connectivity index (χ3v) is 8.00. The molecule has 3 nitrogen and oxygen atoms in total. The Hall–Kier alpha value is -1.30. The Kier molecular flexibility index (Phi) is 3.95. The fraction of sp³-hybridized carbons (Fsp3) is 0.333. The molecule has 2 aromatic carbocycles. The minimum absolute atomic E-state index is 0.160. The summed E-state index contributed by atoms with van der Waals surface area (Å²) in [5.41, 5.74) is 1.75. The highest BCUT2D eigenvalue weighted by Crippen LogP contribution is 2.40. The van der Waals surface area contributed by atoms with Crippen LogP contribution in [-0.2, 0) is 10.0 Å². The number of sulfonamides is 1. The summed E-state index contributed by atoms with van der Waals surface area (Å²) in [5.74, 6) is 1.84. The first-order chi connectivity index (χ1) is 11.2. The molecule has 0 aliphatic carbocycles. The molecule has 2 fully saturated rings. The van der Waals surface area contributed by atoms with E-state index in [9.17, 15) is 8.42 Å². The van der Waals surface area contributed by atoms with Gasteiger partial charge >= 0.3 is 0 Å². The fourth-order valence-electron chi connectivity index (χ4n) is 3.64. The molecule has 2 aromatic rings. The summed E-state index contributed by atoms with van der Waals surface area (Å²) >= 11 is 1.88. The van der Waals surface area contributed by atoms with Gasteiger partial charge in [0.2, 0.25) is 10.0 Å². The van der Waals surface area contributed by atoms with Gasteiger partial charge in [0.15, 0.2) is 0 Å². The van der Waals surface area contributed by atoms with E-state index in [0.717, 1.165) is 35.5 Å². The van der Waals surface area contributed by atoms with Gasteiger partial charge in [-0.1, -0.05) is 48.5 Å². The van der Waals surface area contributed by atoms with Gasteiger partial charge in [0, 0.05) is 29.2 Å². The molecule has 5 heteroatoms. The van der Waals surface area contributed by atoms with Gasteiger partial charge in [-0.15, -0.1) is 0 Å². The minimum Gasteiger partial charge on any atom is -0.207 e. The van der Waals surface area contributed by atoms with E-state index in [4.69, 9.17) is 0 Å². The van der Waals surface area contributed by atoms with Gasteiger partial charge < -0.3 is 0 Å². The lowest BCUT2D eigenvalue weighted by Gasteiger charge is -2.33. The zero-order valence-electron chi connectivity index (χ0n) is 12.8. The maximum absolute atomic E-state index is 13.4. The number of nitrogens with zero attached hydrogens (tertiary/aromatic N) is 1. The Morgan fingerprint density at radius 1 is 0.870 bits per heavy atom. The van der Waals surface area contributed by atoms with Crippen LogP contribution in [0.1, 0.15) is 12.8 Å². The van der Waals surface area contributed by atoms with Crippen LogP contribution in [0.3, 0.4) is 0 Å². The third kappa shape index (κ3) is 2.61. The monoisotopic (exact) mass is 345 g/mol. The predicted octanol–water partition coefficient (Wildman–Crippen LogP) is 3.62. The van der Waals surface area contributed by atoms with Crippen molar-refractivity contribution in [3.05, 3.63) is 54.6 Å². The van der Waals surface area contributed by atoms with Crippen LogP contribution in [0.4, 0.5) is 0 Å². The van der Waals surface area contributed by atoms with Gasteiger partial charge in [0.1, 0.15) is 0 Å². The summed E-state index contributed by atoms with van der Waals surface area (Å²) < 4.78 is 28.5. The van der Waals surface area contributed by atoms with Crippen LogP contribution in [0.15, 0.2) is 59.5 Å². The molecule has 2 heterocycles. The number of benzene rings is 2. The smallest absolute Gasteiger partial charge is 0.207 e. The van der Waals surface area contributed by atoms with E-state index in [0.29, 0.717) is 4.90 Å². The van der Waals surface area contributed by atoms with Gasteiger partial charge in [-0.2, -0.15) is 16.1 Å². The molecule has 2 unspecified atom stereocenters. The van der Waals surface area contributed by atoms with Crippen molar-refractivity contribution >= 4 is 21.8 Å². The van der Waals surface area contributed by atoms with Crippen LogP contribution in [-0.4, -0.2) is 36.3 Å². The highest BCUT2D eigenvalue weighted by Gasteiger charge is 2.45. The Morgan fingerprint density at radius 2 is 1.48 bits per heavy atom. The van der Waals surface area contributed by atoms with E-state index in [1.807, 2.05) is 60.3 Å². The van der Waals surface area contributed by atoms with Gasteiger partial charge in [0.05, 0.1) is 4.90 Å². The number of thioether (sulfide) groups is 1. The SMILES string of the molecule is O=S(=O)(c1ccccc1-c1ccccc1)N1C2CCC1CSC2. The molecular weight excluding hydrogens is 326 g/mol. The summed E-state index contributed by atoms with van der Waals surface area (Å²) in [5, 5.41) is 0. The lowest BCUT2D eigenvalue weighted by molar-refractivity contribution is 0.348. The van der Waals surface area contributed by atoms with Crippen LogP contribution in [0, 0.1) is 0 Å². The fourth-order valence-corrected chi connectivity index (χ4v) is 7.25. The normalized spacial score (nSPS) is 24.7. The van der Waals surface area contributed by atoms with Crippen molar-refractivity contribution in [3.8, 4) is 11.1 Å². The molecule has 2 bridgehead atoms. The van der Waals surface area contributed by atoms with Crippen molar-refractivity contribution in [2.45, 2.75) is 29.8 Å². The molecule has 2 saturated heterocycles. The first-order valence-corrected chi connectivity index (χ1v) is 10.5. The molecule has 0 saturated carbocycles. The van der Waals surface area contributed by atoms with Crippen molar-refractivity contribution < 1.29 is 8.42 Å². The summed E-state index contributed by atoms with van der Waals surface area (Å²) in [6.07, 6.45) is 1.98. The third-order valence-electron chi connectivity index (χ3n) is 4.70.